The molecule has 8 bridgehead atoms. The van der Waals surface area contributed by atoms with Crippen LogP contribution in [-0.2, 0) is 25.7 Å². The van der Waals surface area contributed by atoms with Crippen LogP contribution in [0, 0.1) is 0 Å². The Kier molecular flexibility index (Phi) is 15.8. The Labute approximate surface area is 411 Å². The van der Waals surface area contributed by atoms with Crippen LogP contribution in [-0.4, -0.2) is 26.4 Å². The molecule has 352 valence electrons. The van der Waals surface area contributed by atoms with Crippen molar-refractivity contribution in [1.82, 2.24) is 0 Å². The first-order valence-electron chi connectivity index (χ1n) is 25.7. The van der Waals surface area contributed by atoms with E-state index in [1.807, 2.05) is 6.08 Å². The third-order valence-electron chi connectivity index (χ3n) is 13.5. The average molecular weight is 913 g/mol. The van der Waals surface area contributed by atoms with Crippen molar-refractivity contribution >= 4 is 21.5 Å². The topological polar surface area (TPSA) is 36.9 Å². The molecule has 0 saturated carbocycles. The van der Waals surface area contributed by atoms with Crippen molar-refractivity contribution < 1.29 is 18.9 Å². The summed E-state index contributed by atoms with van der Waals surface area (Å²) < 4.78 is 28.0. The minimum atomic E-state index is 0.621. The van der Waals surface area contributed by atoms with Gasteiger partial charge in [-0.05, 0) is 151 Å². The second kappa shape index (κ2) is 23.0. The number of ether oxygens (including phenoxy) is 4. The van der Waals surface area contributed by atoms with Gasteiger partial charge < -0.3 is 18.9 Å². The highest BCUT2D eigenvalue weighted by Crippen LogP contribution is 2.43. The second-order valence-corrected chi connectivity index (χ2v) is 18.7. The summed E-state index contributed by atoms with van der Waals surface area (Å²) >= 11 is 0. The van der Waals surface area contributed by atoms with Crippen molar-refractivity contribution in [3.8, 4) is 45.3 Å². The summed E-state index contributed by atoms with van der Waals surface area (Å²) in [5, 5.41) is 4.92. The average Bonchev–Trinajstić information content (AvgIpc) is 3.37. The molecule has 8 aromatic rings. The molecule has 0 amide bonds. The van der Waals surface area contributed by atoms with Gasteiger partial charge in [0.25, 0.3) is 0 Å². The van der Waals surface area contributed by atoms with Crippen LogP contribution in [0.15, 0.2) is 158 Å². The van der Waals surface area contributed by atoms with Gasteiger partial charge in [-0.2, -0.15) is 0 Å². The lowest BCUT2D eigenvalue weighted by atomic mass is 9.87. The molecule has 0 radical (unpaired) electrons. The third-order valence-corrected chi connectivity index (χ3v) is 13.5. The molecule has 0 fully saturated rings. The molecule has 9 rings (SSSR count). The van der Waals surface area contributed by atoms with Crippen LogP contribution >= 0.6 is 0 Å². The van der Waals surface area contributed by atoms with Gasteiger partial charge in [-0.1, -0.05) is 161 Å². The largest absolute Gasteiger partial charge is 0.493 e. The zero-order valence-electron chi connectivity index (χ0n) is 41.1. The number of unbranched alkanes of at least 4 members (excludes halogenated alkanes) is 4. The number of allylic oxidation sites excluding steroid dienone is 1. The third kappa shape index (κ3) is 10.9. The summed E-state index contributed by atoms with van der Waals surface area (Å²) in [6.45, 7) is 13.0. The highest BCUT2D eigenvalue weighted by Gasteiger charge is 2.24. The van der Waals surface area contributed by atoms with Crippen molar-refractivity contribution in [2.45, 2.75) is 97.8 Å². The van der Waals surface area contributed by atoms with Crippen LogP contribution in [0.1, 0.15) is 117 Å². The van der Waals surface area contributed by atoms with Gasteiger partial charge in [0.15, 0.2) is 0 Å². The Bertz CT molecular complexity index is 2840. The van der Waals surface area contributed by atoms with E-state index < -0.39 is 0 Å². The number of rotatable bonds is 19. The number of hydrogen-bond donors (Lipinski definition) is 0. The Morgan fingerprint density at radius 1 is 0.377 bits per heavy atom. The molecule has 0 spiro atoms. The van der Waals surface area contributed by atoms with Gasteiger partial charge >= 0.3 is 0 Å². The van der Waals surface area contributed by atoms with Crippen molar-refractivity contribution in [3.05, 3.63) is 203 Å². The molecule has 0 saturated heterocycles. The van der Waals surface area contributed by atoms with Crippen LogP contribution in [0.25, 0.3) is 43.8 Å². The lowest BCUT2D eigenvalue weighted by Crippen LogP contribution is -2.10. The number of hydrogen-bond acceptors (Lipinski definition) is 4. The molecule has 4 heteroatoms. The fourth-order valence-corrected chi connectivity index (χ4v) is 10.2. The normalized spacial score (nSPS) is 12.2. The summed E-state index contributed by atoms with van der Waals surface area (Å²) in [7, 11) is 0. The Morgan fingerprint density at radius 2 is 0.725 bits per heavy atom. The first kappa shape index (κ1) is 47.3. The van der Waals surface area contributed by atoms with Crippen LogP contribution in [0.2, 0.25) is 0 Å². The van der Waals surface area contributed by atoms with Gasteiger partial charge in [-0.25, -0.2) is 0 Å². The maximum absolute atomic E-state index is 7.12. The van der Waals surface area contributed by atoms with Gasteiger partial charge in [-0.15, -0.1) is 6.58 Å². The first-order chi connectivity index (χ1) is 34.1. The molecule has 0 unspecified atom stereocenters. The van der Waals surface area contributed by atoms with Gasteiger partial charge in [0.2, 0.25) is 0 Å². The first-order valence-corrected chi connectivity index (χ1v) is 25.7. The Hall–Kier alpha value is -6.78. The van der Waals surface area contributed by atoms with E-state index in [9.17, 15) is 0 Å². The zero-order chi connectivity index (χ0) is 47.4. The van der Waals surface area contributed by atoms with E-state index in [1.165, 1.54) is 50.2 Å². The lowest BCUT2D eigenvalue weighted by molar-refractivity contribution is 0.298. The summed E-state index contributed by atoms with van der Waals surface area (Å²) in [6.07, 6.45) is 12.8. The van der Waals surface area contributed by atoms with E-state index >= 15 is 0 Å². The van der Waals surface area contributed by atoms with Crippen molar-refractivity contribution in [2.75, 3.05) is 26.4 Å². The van der Waals surface area contributed by atoms with Gasteiger partial charge in [0.05, 0.1) is 26.4 Å². The van der Waals surface area contributed by atoms with Gasteiger partial charge in [-0.3, -0.25) is 0 Å². The molecule has 0 atom stereocenters. The molecule has 4 nitrogen and oxygen atoms in total. The maximum atomic E-state index is 7.12. The van der Waals surface area contributed by atoms with Crippen LogP contribution in [0.5, 0.6) is 23.0 Å². The standard InChI is InChI=1S/C65H68O4/c1-5-9-10-11-12-17-37-69-63-50-28-19-29-51(63)41-57-45-53(61-33-21-25-47-23-14-16-31-59(47)61)43-55(65(57)68-36-8-4)39-49-27-18-26-48(62(49)66-34-6-2)38-54-42-52(44-56(40-50)64(54)67-35-7-3)60-32-20-24-46-22-13-15-30-58(46)60/h5,13-16,18-33,42-45H,1,6-12,17,34-41H2,2-4H3. The summed E-state index contributed by atoms with van der Waals surface area (Å²) in [4.78, 5) is 0. The predicted molar refractivity (Wildman–Crippen MR) is 289 cm³/mol. The predicted octanol–water partition coefficient (Wildman–Crippen LogP) is 16.9. The molecular weight excluding hydrogens is 845 g/mol. The van der Waals surface area contributed by atoms with Gasteiger partial charge in [0.1, 0.15) is 23.0 Å². The molecule has 0 aromatic heterocycles. The van der Waals surface area contributed by atoms with E-state index in [2.05, 4.69) is 173 Å². The van der Waals surface area contributed by atoms with E-state index in [0.717, 1.165) is 112 Å². The second-order valence-electron chi connectivity index (χ2n) is 18.7. The molecule has 0 N–H and O–H groups in total. The van der Waals surface area contributed by atoms with Gasteiger partial charge in [0, 0.05) is 25.7 Å². The van der Waals surface area contributed by atoms with Crippen molar-refractivity contribution in [3.63, 3.8) is 0 Å². The molecule has 8 aromatic carbocycles. The molecule has 69 heavy (non-hydrogen) atoms. The van der Waals surface area contributed by atoms with Crippen LogP contribution < -0.4 is 18.9 Å². The van der Waals surface area contributed by atoms with E-state index in [4.69, 9.17) is 18.9 Å². The van der Waals surface area contributed by atoms with E-state index in [1.54, 1.807) is 0 Å². The monoisotopic (exact) mass is 913 g/mol. The number of benzene rings is 8. The highest BCUT2D eigenvalue weighted by molar-refractivity contribution is 5.98. The fraction of sp³-hybridized carbons (Fsp3) is 0.292. The fourth-order valence-electron chi connectivity index (χ4n) is 10.2. The summed E-state index contributed by atoms with van der Waals surface area (Å²) in [6, 6.07) is 53.8. The van der Waals surface area contributed by atoms with Crippen molar-refractivity contribution in [2.24, 2.45) is 0 Å². The van der Waals surface area contributed by atoms with E-state index in [0.29, 0.717) is 52.1 Å². The lowest BCUT2D eigenvalue weighted by Gasteiger charge is -2.24. The SMILES string of the molecule is C=CCCCCCCOc1c2cccc1Cc1cc(-c3cccc4ccccc34)cc(c1OCCC)Cc1cccc(c1OCCC)Cc1cc(-c3cccc4ccccc34)cc(c1OCCC)C2. The van der Waals surface area contributed by atoms with Crippen LogP contribution in [0.4, 0.5) is 0 Å². The zero-order valence-corrected chi connectivity index (χ0v) is 41.1. The molecule has 1 aliphatic carbocycles. The molecule has 0 heterocycles. The maximum Gasteiger partial charge on any atom is 0.126 e. The minimum absolute atomic E-state index is 0.621. The molecular formula is C65H68O4. The Morgan fingerprint density at radius 3 is 1.13 bits per heavy atom. The number of para-hydroxylation sites is 2. The Balaban J connectivity index is 1.29. The minimum Gasteiger partial charge on any atom is -0.493 e. The molecule has 0 aliphatic heterocycles. The summed E-state index contributed by atoms with van der Waals surface area (Å²) in [5.41, 5.74) is 14.0. The smallest absolute Gasteiger partial charge is 0.126 e. The van der Waals surface area contributed by atoms with Crippen LogP contribution in [0.3, 0.4) is 0 Å². The van der Waals surface area contributed by atoms with Crippen molar-refractivity contribution in [1.29, 1.82) is 0 Å². The summed E-state index contributed by atoms with van der Waals surface area (Å²) in [5.74, 6) is 3.83. The van der Waals surface area contributed by atoms with E-state index in [-0.39, 0.29) is 0 Å². The quantitative estimate of drug-likeness (QED) is 0.0598. The molecule has 1 aliphatic rings. The number of fused-ring (bicyclic) bond motifs is 10. The highest BCUT2D eigenvalue weighted by atomic mass is 16.5.